The van der Waals surface area contributed by atoms with E-state index in [1.54, 1.807) is 17.2 Å². The molecule has 1 amide bonds. The summed E-state index contributed by atoms with van der Waals surface area (Å²) in [7, 11) is 0. The predicted octanol–water partition coefficient (Wildman–Crippen LogP) is 3.26. The molecule has 0 spiro atoms. The van der Waals surface area contributed by atoms with Crippen LogP contribution in [0.1, 0.15) is 50.6 Å². The van der Waals surface area contributed by atoms with E-state index in [0.29, 0.717) is 0 Å². The third-order valence-electron chi connectivity index (χ3n) is 5.32. The Morgan fingerprint density at radius 3 is 2.86 bits per heavy atom. The molecule has 1 fully saturated rings. The summed E-state index contributed by atoms with van der Waals surface area (Å²) in [5.74, 6) is 6.56. The van der Waals surface area contributed by atoms with E-state index in [-0.39, 0.29) is 5.91 Å². The lowest BCUT2D eigenvalue weighted by Gasteiger charge is -2.34. The maximum atomic E-state index is 12.8. The Balaban J connectivity index is 1.59. The fraction of sp³-hybridized carbons (Fsp3) is 0.364. The second-order valence-corrected chi connectivity index (χ2v) is 7.35. The zero-order valence-electron chi connectivity index (χ0n) is 15.9. The molecule has 142 valence electrons. The highest BCUT2D eigenvalue weighted by Gasteiger charge is 2.33. The minimum atomic E-state index is -0.504. The molecule has 0 unspecified atom stereocenters. The molecule has 1 saturated carbocycles. The number of rotatable bonds is 3. The lowest BCUT2D eigenvalue weighted by molar-refractivity contribution is -0.125. The number of amides is 1. The fourth-order valence-electron chi connectivity index (χ4n) is 3.65. The van der Waals surface area contributed by atoms with Crippen LogP contribution in [0.25, 0.3) is 10.9 Å². The second kappa shape index (κ2) is 7.81. The second-order valence-electron chi connectivity index (χ2n) is 7.35. The smallest absolute Gasteiger partial charge is 0.245 e. The summed E-state index contributed by atoms with van der Waals surface area (Å²) in [5, 5.41) is 8.35. The Bertz CT molecular complexity index is 1030. The number of benzene rings is 1. The summed E-state index contributed by atoms with van der Waals surface area (Å²) in [6.45, 7) is 1.82. The van der Waals surface area contributed by atoms with Crippen molar-refractivity contribution in [2.75, 3.05) is 0 Å². The SMILES string of the molecule is C[C@@H](C(=O)NC1(C#Cc2cnc3ccccc3c2)CCCCC1)n1cncn1. The van der Waals surface area contributed by atoms with Crippen molar-refractivity contribution in [2.24, 2.45) is 0 Å². The highest BCUT2D eigenvalue weighted by molar-refractivity contribution is 5.81. The average Bonchev–Trinajstić information content (AvgIpc) is 3.27. The number of nitrogens with zero attached hydrogens (tertiary/aromatic N) is 4. The van der Waals surface area contributed by atoms with E-state index in [2.05, 4.69) is 32.2 Å². The Labute approximate surface area is 164 Å². The van der Waals surface area contributed by atoms with Crippen LogP contribution < -0.4 is 5.32 Å². The summed E-state index contributed by atoms with van der Waals surface area (Å²) >= 11 is 0. The van der Waals surface area contributed by atoms with E-state index < -0.39 is 11.6 Å². The summed E-state index contributed by atoms with van der Waals surface area (Å²) in [6.07, 6.45) is 9.80. The number of hydrogen-bond donors (Lipinski definition) is 1. The number of pyridine rings is 1. The Morgan fingerprint density at radius 2 is 2.07 bits per heavy atom. The lowest BCUT2D eigenvalue weighted by atomic mass is 9.81. The molecular formula is C22H23N5O. The van der Waals surface area contributed by atoms with Gasteiger partial charge in [0.05, 0.1) is 5.52 Å². The van der Waals surface area contributed by atoms with Gasteiger partial charge in [0.1, 0.15) is 24.2 Å². The first-order valence-electron chi connectivity index (χ1n) is 9.69. The summed E-state index contributed by atoms with van der Waals surface area (Å²) in [4.78, 5) is 21.2. The number of nitrogens with one attached hydrogen (secondary N) is 1. The number of carbonyl (C=O) groups excluding carboxylic acids is 1. The van der Waals surface area contributed by atoms with Gasteiger partial charge >= 0.3 is 0 Å². The molecule has 1 N–H and O–H groups in total. The minimum Gasteiger partial charge on any atom is -0.338 e. The molecule has 1 atom stereocenters. The molecule has 1 aromatic carbocycles. The van der Waals surface area contributed by atoms with Gasteiger partial charge in [-0.25, -0.2) is 9.67 Å². The van der Waals surface area contributed by atoms with Crippen molar-refractivity contribution in [2.45, 2.75) is 50.6 Å². The van der Waals surface area contributed by atoms with E-state index in [4.69, 9.17) is 0 Å². The molecule has 6 nitrogen and oxygen atoms in total. The van der Waals surface area contributed by atoms with Gasteiger partial charge < -0.3 is 5.32 Å². The van der Waals surface area contributed by atoms with Gasteiger partial charge in [0.2, 0.25) is 5.91 Å². The van der Waals surface area contributed by atoms with Crippen LogP contribution >= 0.6 is 0 Å². The molecule has 1 aliphatic carbocycles. The van der Waals surface area contributed by atoms with Crippen LogP contribution in [-0.2, 0) is 4.79 Å². The summed E-state index contributed by atoms with van der Waals surface area (Å²) < 4.78 is 1.56. The number of carbonyl (C=O) groups is 1. The van der Waals surface area contributed by atoms with Gasteiger partial charge in [-0.15, -0.1) is 0 Å². The van der Waals surface area contributed by atoms with Crippen molar-refractivity contribution in [3.05, 3.63) is 54.7 Å². The number of para-hydroxylation sites is 1. The van der Waals surface area contributed by atoms with Crippen molar-refractivity contribution in [1.82, 2.24) is 25.1 Å². The summed E-state index contributed by atoms with van der Waals surface area (Å²) in [5.41, 5.74) is 1.31. The third-order valence-corrected chi connectivity index (χ3v) is 5.32. The normalized spacial score (nSPS) is 16.8. The fourth-order valence-corrected chi connectivity index (χ4v) is 3.65. The van der Waals surface area contributed by atoms with E-state index >= 15 is 0 Å². The Morgan fingerprint density at radius 1 is 1.25 bits per heavy atom. The van der Waals surface area contributed by atoms with Crippen LogP contribution in [0.5, 0.6) is 0 Å². The highest BCUT2D eigenvalue weighted by Crippen LogP contribution is 2.28. The lowest BCUT2D eigenvalue weighted by Crippen LogP contribution is -2.50. The molecule has 2 aromatic heterocycles. The van der Waals surface area contributed by atoms with Gasteiger partial charge in [-0.1, -0.05) is 49.3 Å². The number of hydrogen-bond acceptors (Lipinski definition) is 4. The van der Waals surface area contributed by atoms with Crippen molar-refractivity contribution in [1.29, 1.82) is 0 Å². The van der Waals surface area contributed by atoms with Gasteiger partial charge in [-0.05, 0) is 31.9 Å². The Kier molecular flexibility index (Phi) is 5.07. The van der Waals surface area contributed by atoms with E-state index in [9.17, 15) is 4.79 Å². The van der Waals surface area contributed by atoms with E-state index in [1.807, 2.05) is 37.3 Å². The van der Waals surface area contributed by atoms with Crippen LogP contribution in [0.2, 0.25) is 0 Å². The predicted molar refractivity (Wildman–Crippen MR) is 107 cm³/mol. The van der Waals surface area contributed by atoms with Gasteiger partial charge in [-0.3, -0.25) is 9.78 Å². The zero-order valence-corrected chi connectivity index (χ0v) is 15.9. The van der Waals surface area contributed by atoms with Gasteiger partial charge in [0.15, 0.2) is 0 Å². The summed E-state index contributed by atoms with van der Waals surface area (Å²) in [6, 6.07) is 9.61. The molecule has 0 aliphatic heterocycles. The molecule has 28 heavy (non-hydrogen) atoms. The molecule has 0 bridgehead atoms. The van der Waals surface area contributed by atoms with Crippen LogP contribution in [0.15, 0.2) is 49.2 Å². The molecule has 0 radical (unpaired) electrons. The Hall–Kier alpha value is -3.20. The van der Waals surface area contributed by atoms with Gasteiger partial charge in [0.25, 0.3) is 0 Å². The molecule has 3 aromatic rings. The standard InChI is InChI=1S/C22H23N5O/c1-17(27-16-23-15-25-27)21(28)26-22(10-5-2-6-11-22)12-9-18-13-19-7-3-4-8-20(19)24-14-18/h3-4,7-8,13-17H,2,5-6,10-11H2,1H3,(H,26,28)/t17-/m0/s1. The molecule has 4 rings (SSSR count). The van der Waals surface area contributed by atoms with Crippen molar-refractivity contribution >= 4 is 16.8 Å². The van der Waals surface area contributed by atoms with Crippen LogP contribution in [0, 0.1) is 11.8 Å². The topological polar surface area (TPSA) is 72.7 Å². The van der Waals surface area contributed by atoms with E-state index in [1.165, 1.54) is 12.7 Å². The monoisotopic (exact) mass is 373 g/mol. The maximum absolute atomic E-state index is 12.8. The first kappa shape index (κ1) is 18.2. The molecule has 6 heteroatoms. The number of fused-ring (bicyclic) bond motifs is 1. The first-order chi connectivity index (χ1) is 13.7. The zero-order chi connectivity index (χ0) is 19.4. The van der Waals surface area contributed by atoms with Crippen LogP contribution in [0.3, 0.4) is 0 Å². The molecule has 2 heterocycles. The van der Waals surface area contributed by atoms with Gasteiger partial charge in [0, 0.05) is 17.1 Å². The number of aromatic nitrogens is 4. The van der Waals surface area contributed by atoms with Crippen molar-refractivity contribution < 1.29 is 4.79 Å². The van der Waals surface area contributed by atoms with Crippen LogP contribution in [-0.4, -0.2) is 31.2 Å². The van der Waals surface area contributed by atoms with Crippen LogP contribution in [0.4, 0.5) is 0 Å². The quantitative estimate of drug-likeness (QED) is 0.715. The molecule has 0 saturated heterocycles. The highest BCUT2D eigenvalue weighted by atomic mass is 16.2. The molecule has 1 aliphatic rings. The minimum absolute atomic E-state index is 0.0849. The maximum Gasteiger partial charge on any atom is 0.245 e. The largest absolute Gasteiger partial charge is 0.338 e. The van der Waals surface area contributed by atoms with Crippen molar-refractivity contribution in [3.8, 4) is 11.8 Å². The van der Waals surface area contributed by atoms with E-state index in [0.717, 1.165) is 42.1 Å². The average molecular weight is 373 g/mol. The van der Waals surface area contributed by atoms with Gasteiger partial charge in [-0.2, -0.15) is 5.10 Å². The third kappa shape index (κ3) is 3.89. The van der Waals surface area contributed by atoms with Crippen molar-refractivity contribution in [3.63, 3.8) is 0 Å². The first-order valence-corrected chi connectivity index (χ1v) is 9.69. The molecular weight excluding hydrogens is 350 g/mol.